The molecule has 0 aromatic carbocycles. The highest BCUT2D eigenvalue weighted by Crippen LogP contribution is 2.39. The molecule has 9 nitrogen and oxygen atoms in total. The smallest absolute Gasteiger partial charge is 0.253 e. The molecule has 5 N–H and O–H groups in total. The summed E-state index contributed by atoms with van der Waals surface area (Å²) in [6.07, 6.45) is 0.201. The number of carbonyl (C=O) groups is 2. The van der Waals surface area contributed by atoms with E-state index in [4.69, 9.17) is 16.3 Å². The molecule has 0 spiro atoms. The summed E-state index contributed by atoms with van der Waals surface area (Å²) in [5.41, 5.74) is -0.354. The number of alkyl halides is 3. The van der Waals surface area contributed by atoms with Gasteiger partial charge < -0.3 is 20.3 Å². The van der Waals surface area contributed by atoms with Crippen LogP contribution < -0.4 is 26.6 Å². The van der Waals surface area contributed by atoms with Crippen molar-refractivity contribution >= 4 is 35.2 Å². The van der Waals surface area contributed by atoms with Crippen LogP contribution in [0.1, 0.15) is 39.5 Å². The van der Waals surface area contributed by atoms with Gasteiger partial charge in [0, 0.05) is 50.6 Å². The van der Waals surface area contributed by atoms with E-state index in [1.165, 1.54) is 0 Å². The lowest BCUT2D eigenvalue weighted by molar-refractivity contribution is -0.135. The lowest BCUT2D eigenvalue weighted by Crippen LogP contribution is -2.58. The first kappa shape index (κ1) is 29.7. The Kier molecular flexibility index (Phi) is 9.62. The van der Waals surface area contributed by atoms with Gasteiger partial charge >= 0.3 is 0 Å². The summed E-state index contributed by atoms with van der Waals surface area (Å²) in [5.74, 6) is 0.122. The van der Waals surface area contributed by atoms with Gasteiger partial charge in [-0.2, -0.15) is 0 Å². The quantitative estimate of drug-likeness (QED) is 0.231. The zero-order valence-corrected chi connectivity index (χ0v) is 24.4. The van der Waals surface area contributed by atoms with Crippen LogP contribution in [0.25, 0.3) is 0 Å². The molecular weight excluding hydrogens is 550 g/mol. The van der Waals surface area contributed by atoms with Crippen LogP contribution in [0.3, 0.4) is 0 Å². The van der Waals surface area contributed by atoms with Crippen LogP contribution in [0.5, 0.6) is 0 Å². The van der Waals surface area contributed by atoms with Crippen LogP contribution in [0, 0.1) is 23.7 Å². The van der Waals surface area contributed by atoms with Crippen molar-refractivity contribution in [1.82, 2.24) is 31.5 Å². The summed E-state index contributed by atoms with van der Waals surface area (Å²) in [6.45, 7) is 6.46. The molecular formula is C26H43ClF2N6O3S. The predicted octanol–water partition coefficient (Wildman–Crippen LogP) is 1.13. The summed E-state index contributed by atoms with van der Waals surface area (Å²) in [6, 6.07) is -1.13. The number of ether oxygens (including phenoxy) is 1. The molecule has 0 aromatic heterocycles. The molecule has 0 radical (unpaired) electrons. The third kappa shape index (κ3) is 6.52. The fourth-order valence-corrected chi connectivity index (χ4v) is 8.95. The maximum absolute atomic E-state index is 13.6. The number of nitrogens with one attached hydrogen (secondary N) is 5. The second-order valence-electron chi connectivity index (χ2n) is 12.1. The molecule has 5 saturated heterocycles. The number of carbonyl (C=O) groups excluding carboxylic acids is 2. The van der Waals surface area contributed by atoms with Crippen molar-refractivity contribution in [2.45, 2.75) is 92.5 Å². The number of thioether (sulfide) groups is 1. The first-order chi connectivity index (χ1) is 18.6. The Morgan fingerprint density at radius 2 is 1.87 bits per heavy atom. The second kappa shape index (κ2) is 12.6. The van der Waals surface area contributed by atoms with Gasteiger partial charge in [0.25, 0.3) is 6.43 Å². The average molecular weight is 593 g/mol. The van der Waals surface area contributed by atoms with Gasteiger partial charge in [0.05, 0.1) is 29.6 Å². The number of piperidine rings is 3. The fourth-order valence-electron chi connectivity index (χ4n) is 7.24. The number of likely N-dealkylation sites (tertiary alicyclic amines) is 1. The van der Waals surface area contributed by atoms with E-state index < -0.39 is 18.5 Å². The van der Waals surface area contributed by atoms with E-state index in [2.05, 4.69) is 33.5 Å². The summed E-state index contributed by atoms with van der Waals surface area (Å²) < 4.78 is 32.3. The van der Waals surface area contributed by atoms with Crippen LogP contribution in [0.2, 0.25) is 0 Å². The summed E-state index contributed by atoms with van der Waals surface area (Å²) >= 11 is 8.10. The minimum absolute atomic E-state index is 0.0183. The van der Waals surface area contributed by atoms with Gasteiger partial charge in [0.15, 0.2) is 0 Å². The largest absolute Gasteiger partial charge is 0.380 e. The molecule has 5 fully saturated rings. The average Bonchev–Trinajstić information content (AvgIpc) is 3.47. The summed E-state index contributed by atoms with van der Waals surface area (Å²) in [4.78, 5) is 28.6. The van der Waals surface area contributed by atoms with E-state index in [1.807, 2.05) is 6.92 Å². The molecule has 0 aromatic rings. The second-order valence-corrected chi connectivity index (χ2v) is 14.0. The molecule has 13 heteroatoms. The molecule has 5 aliphatic heterocycles. The van der Waals surface area contributed by atoms with Crippen molar-refractivity contribution in [2.75, 3.05) is 33.3 Å². The van der Waals surface area contributed by atoms with Crippen LogP contribution in [-0.2, 0) is 14.3 Å². The molecule has 222 valence electrons. The van der Waals surface area contributed by atoms with Crippen molar-refractivity contribution in [3.05, 3.63) is 0 Å². The fraction of sp³-hybridized carbons (Fsp3) is 0.923. The third-order valence-corrected chi connectivity index (χ3v) is 11.2. The predicted molar refractivity (Wildman–Crippen MR) is 148 cm³/mol. The zero-order chi connectivity index (χ0) is 27.8. The standard InChI is InChI=1S/C26H43ClF2N6O3S/c1-12-4-5-17(23(28)29)32-22(12)25(37)35-10-18-20(11-35)39-26(33-18)34-24(36)16-8-30-13(2)6-14(16)15-7-21(27)31-9-19(15)38-3/h12-23,26,30-33H,4-11H2,1-3H3,(H,34,36). The number of hydrogen-bond donors (Lipinski definition) is 5. The zero-order valence-electron chi connectivity index (χ0n) is 22.9. The maximum atomic E-state index is 13.6. The van der Waals surface area contributed by atoms with Gasteiger partial charge in [-0.05, 0) is 50.4 Å². The SMILES string of the molecule is COC1CNC(Cl)CC1C1CC(C)NCC1C(=O)NC1NC2CN(C(=O)C3NC(C(F)F)CCC3C)CC2S1. The highest BCUT2D eigenvalue weighted by molar-refractivity contribution is 8.00. The molecule has 39 heavy (non-hydrogen) atoms. The first-order valence-electron chi connectivity index (χ1n) is 14.3. The van der Waals surface area contributed by atoms with Crippen LogP contribution in [-0.4, -0.2) is 103 Å². The number of fused-ring (bicyclic) bond motifs is 1. The van der Waals surface area contributed by atoms with Gasteiger partial charge in [-0.1, -0.05) is 6.92 Å². The number of methoxy groups -OCH3 is 1. The Morgan fingerprint density at radius 1 is 1.08 bits per heavy atom. The molecule has 5 aliphatic rings. The van der Waals surface area contributed by atoms with E-state index in [0.717, 1.165) is 12.8 Å². The Hall–Kier alpha value is -0.760. The lowest BCUT2D eigenvalue weighted by atomic mass is 9.70. The molecule has 0 bridgehead atoms. The number of halogens is 3. The van der Waals surface area contributed by atoms with Gasteiger partial charge in [0.2, 0.25) is 11.8 Å². The van der Waals surface area contributed by atoms with E-state index in [-0.39, 0.29) is 63.9 Å². The maximum Gasteiger partial charge on any atom is 0.253 e. The van der Waals surface area contributed by atoms with Gasteiger partial charge in [-0.15, -0.1) is 23.4 Å². The minimum Gasteiger partial charge on any atom is -0.380 e. The van der Waals surface area contributed by atoms with E-state index in [1.54, 1.807) is 23.8 Å². The molecule has 0 aliphatic carbocycles. The normalized spacial score (nSPS) is 44.8. The van der Waals surface area contributed by atoms with Crippen LogP contribution in [0.4, 0.5) is 8.78 Å². The number of nitrogens with zero attached hydrogens (tertiary/aromatic N) is 1. The number of hydrogen-bond acceptors (Lipinski definition) is 8. The highest BCUT2D eigenvalue weighted by Gasteiger charge is 2.48. The first-order valence-corrected chi connectivity index (χ1v) is 15.7. The Morgan fingerprint density at radius 3 is 2.59 bits per heavy atom. The summed E-state index contributed by atoms with van der Waals surface area (Å²) in [7, 11) is 1.72. The van der Waals surface area contributed by atoms with Crippen molar-refractivity contribution < 1.29 is 23.1 Å². The molecule has 12 unspecified atom stereocenters. The monoisotopic (exact) mass is 592 g/mol. The van der Waals surface area contributed by atoms with Crippen molar-refractivity contribution in [1.29, 1.82) is 0 Å². The Bertz CT molecular complexity index is 881. The number of amides is 2. The summed E-state index contributed by atoms with van der Waals surface area (Å²) in [5, 5.41) is 16.5. The minimum atomic E-state index is -2.47. The van der Waals surface area contributed by atoms with Crippen molar-refractivity contribution in [3.8, 4) is 0 Å². The number of rotatable bonds is 6. The third-order valence-electron chi connectivity index (χ3n) is 9.51. The van der Waals surface area contributed by atoms with Gasteiger partial charge in [-0.25, -0.2) is 8.78 Å². The van der Waals surface area contributed by atoms with Crippen molar-refractivity contribution in [2.24, 2.45) is 23.7 Å². The van der Waals surface area contributed by atoms with E-state index in [0.29, 0.717) is 45.1 Å². The van der Waals surface area contributed by atoms with Crippen LogP contribution in [0.15, 0.2) is 0 Å². The highest BCUT2D eigenvalue weighted by atomic mass is 35.5. The van der Waals surface area contributed by atoms with E-state index in [9.17, 15) is 18.4 Å². The molecule has 2 amide bonds. The Balaban J connectivity index is 1.16. The van der Waals surface area contributed by atoms with Crippen molar-refractivity contribution in [3.63, 3.8) is 0 Å². The van der Waals surface area contributed by atoms with E-state index >= 15 is 0 Å². The van der Waals surface area contributed by atoms with Gasteiger partial charge in [0.1, 0.15) is 5.50 Å². The van der Waals surface area contributed by atoms with Gasteiger partial charge in [-0.3, -0.25) is 25.5 Å². The molecule has 5 rings (SSSR count). The molecule has 12 atom stereocenters. The molecule has 0 saturated carbocycles. The lowest BCUT2D eigenvalue weighted by Gasteiger charge is -2.45. The Labute approximate surface area is 239 Å². The molecule has 5 heterocycles. The topological polar surface area (TPSA) is 107 Å². The van der Waals surface area contributed by atoms with Crippen LogP contribution >= 0.6 is 23.4 Å².